The molecule has 1 aromatic carbocycles. The van der Waals surface area contributed by atoms with Crippen molar-refractivity contribution in [2.24, 2.45) is 0 Å². The maximum atomic E-state index is 12.2. The highest BCUT2D eigenvalue weighted by molar-refractivity contribution is 5.93. The third kappa shape index (κ3) is 4.21. The van der Waals surface area contributed by atoms with Crippen LogP contribution in [0.2, 0.25) is 0 Å². The summed E-state index contributed by atoms with van der Waals surface area (Å²) in [5, 5.41) is 2.92. The third-order valence-corrected chi connectivity index (χ3v) is 3.96. The van der Waals surface area contributed by atoms with Gasteiger partial charge >= 0.3 is 0 Å². The number of carbonyl (C=O) groups excluding carboxylic acids is 2. The molecule has 1 aliphatic heterocycles. The van der Waals surface area contributed by atoms with Gasteiger partial charge in [0, 0.05) is 6.92 Å². The fourth-order valence-corrected chi connectivity index (χ4v) is 2.66. The van der Waals surface area contributed by atoms with Crippen LogP contribution in [0.4, 0.5) is 5.69 Å². The summed E-state index contributed by atoms with van der Waals surface area (Å²) in [7, 11) is 1.59. The van der Waals surface area contributed by atoms with Gasteiger partial charge in [0.25, 0.3) is 5.91 Å². The normalized spacial score (nSPS) is 15.5. The maximum Gasteiger partial charge on any atom is 0.279 e. The first-order valence-electron chi connectivity index (χ1n) is 7.53. The van der Waals surface area contributed by atoms with E-state index < -0.39 is 0 Å². The number of nitrogens with one attached hydrogen (secondary N) is 2. The first kappa shape index (κ1) is 16.3. The molecule has 0 aromatic heterocycles. The third-order valence-electron chi connectivity index (χ3n) is 3.96. The number of anilines is 1. The van der Waals surface area contributed by atoms with Gasteiger partial charge in [0.2, 0.25) is 5.91 Å². The Morgan fingerprint density at radius 3 is 2.59 bits per heavy atom. The number of ether oxygens (including phenoxy) is 1. The number of hydrogen-bond donors (Lipinski definition) is 2. The van der Waals surface area contributed by atoms with Crippen molar-refractivity contribution in [2.75, 3.05) is 45.2 Å². The highest BCUT2D eigenvalue weighted by Gasteiger charge is 2.23. The van der Waals surface area contributed by atoms with Gasteiger partial charge in [-0.1, -0.05) is 6.07 Å². The maximum absolute atomic E-state index is 12.2. The lowest BCUT2D eigenvalue weighted by atomic mass is 10.2. The van der Waals surface area contributed by atoms with Gasteiger partial charge < -0.3 is 19.9 Å². The predicted molar refractivity (Wildman–Crippen MR) is 84.2 cm³/mol. The number of methoxy groups -OCH3 is 1. The first-order chi connectivity index (χ1) is 10.5. The van der Waals surface area contributed by atoms with Gasteiger partial charge in [-0.05, 0) is 24.6 Å². The lowest BCUT2D eigenvalue weighted by molar-refractivity contribution is -0.895. The average Bonchev–Trinajstić information content (AvgIpc) is 2.48. The van der Waals surface area contributed by atoms with Crippen LogP contribution in [0.15, 0.2) is 18.2 Å². The van der Waals surface area contributed by atoms with Gasteiger partial charge in [-0.15, -0.1) is 0 Å². The number of nitrogens with zero attached hydrogens (tertiary/aromatic N) is 1. The molecule has 2 N–H and O–H groups in total. The SMILES string of the molecule is COc1ccc(C)cc1NC(=O)C[NH+]1CCN(C(C)=O)CC1. The van der Waals surface area contributed by atoms with Crippen molar-refractivity contribution in [3.63, 3.8) is 0 Å². The van der Waals surface area contributed by atoms with E-state index in [1.54, 1.807) is 14.0 Å². The topological polar surface area (TPSA) is 63.1 Å². The average molecular weight is 306 g/mol. The second kappa shape index (κ2) is 7.26. The van der Waals surface area contributed by atoms with Gasteiger partial charge in [0.05, 0.1) is 39.0 Å². The summed E-state index contributed by atoms with van der Waals surface area (Å²) in [5.41, 5.74) is 1.77. The molecule has 2 rings (SSSR count). The van der Waals surface area contributed by atoms with Crippen molar-refractivity contribution in [1.29, 1.82) is 0 Å². The van der Waals surface area contributed by atoms with Crippen LogP contribution in [0.25, 0.3) is 0 Å². The van der Waals surface area contributed by atoms with E-state index in [4.69, 9.17) is 4.74 Å². The minimum absolute atomic E-state index is 0.0322. The Labute approximate surface area is 131 Å². The van der Waals surface area contributed by atoms with Crippen LogP contribution in [0, 0.1) is 6.92 Å². The number of aryl methyl sites for hydroxylation is 1. The van der Waals surface area contributed by atoms with Crippen molar-refractivity contribution in [2.45, 2.75) is 13.8 Å². The summed E-state index contributed by atoms with van der Waals surface area (Å²) in [5.74, 6) is 0.735. The Morgan fingerprint density at radius 1 is 1.32 bits per heavy atom. The van der Waals surface area contributed by atoms with Gasteiger partial charge in [-0.25, -0.2) is 0 Å². The van der Waals surface area contributed by atoms with Crippen LogP contribution >= 0.6 is 0 Å². The van der Waals surface area contributed by atoms with E-state index >= 15 is 0 Å². The Balaban J connectivity index is 1.89. The molecule has 0 unspecified atom stereocenters. The molecule has 120 valence electrons. The summed E-state index contributed by atoms with van der Waals surface area (Å²) < 4.78 is 5.27. The Bertz CT molecular complexity index is 552. The minimum atomic E-state index is -0.0322. The van der Waals surface area contributed by atoms with Gasteiger partial charge in [0.15, 0.2) is 6.54 Å². The van der Waals surface area contributed by atoms with Crippen molar-refractivity contribution >= 4 is 17.5 Å². The van der Waals surface area contributed by atoms with Crippen LogP contribution in [0.3, 0.4) is 0 Å². The number of amides is 2. The number of carbonyl (C=O) groups is 2. The zero-order valence-corrected chi connectivity index (χ0v) is 13.4. The highest BCUT2D eigenvalue weighted by atomic mass is 16.5. The van der Waals surface area contributed by atoms with E-state index in [0.29, 0.717) is 31.1 Å². The summed E-state index contributed by atoms with van der Waals surface area (Å²) >= 11 is 0. The predicted octanol–water partition coefficient (Wildman–Crippen LogP) is -0.311. The second-order valence-electron chi connectivity index (χ2n) is 5.68. The Morgan fingerprint density at radius 2 is 2.00 bits per heavy atom. The molecule has 0 atom stereocenters. The molecule has 2 amide bonds. The fourth-order valence-electron chi connectivity index (χ4n) is 2.66. The summed E-state index contributed by atoms with van der Waals surface area (Å²) in [6, 6.07) is 5.70. The molecule has 6 heteroatoms. The molecule has 1 fully saturated rings. The summed E-state index contributed by atoms with van der Waals surface area (Å²) in [4.78, 5) is 26.5. The molecular weight excluding hydrogens is 282 g/mol. The standard InChI is InChI=1S/C16H23N3O3/c1-12-4-5-15(22-3)14(10-12)17-16(21)11-18-6-8-19(9-7-18)13(2)20/h4-5,10H,6-9,11H2,1-3H3,(H,17,21)/p+1. The monoisotopic (exact) mass is 306 g/mol. The summed E-state index contributed by atoms with van der Waals surface area (Å²) in [6.07, 6.45) is 0. The van der Waals surface area contributed by atoms with Crippen LogP contribution in [-0.4, -0.2) is 56.5 Å². The molecule has 1 aliphatic rings. The second-order valence-corrected chi connectivity index (χ2v) is 5.68. The van der Waals surface area contributed by atoms with Gasteiger partial charge in [-0.2, -0.15) is 0 Å². The molecule has 6 nitrogen and oxygen atoms in total. The molecule has 0 spiro atoms. The number of quaternary nitrogens is 1. The van der Waals surface area contributed by atoms with E-state index in [1.807, 2.05) is 30.0 Å². The highest BCUT2D eigenvalue weighted by Crippen LogP contribution is 2.24. The van der Waals surface area contributed by atoms with Crippen molar-refractivity contribution < 1.29 is 19.2 Å². The smallest absolute Gasteiger partial charge is 0.279 e. The molecule has 0 radical (unpaired) electrons. The van der Waals surface area contributed by atoms with E-state index in [9.17, 15) is 9.59 Å². The van der Waals surface area contributed by atoms with E-state index in [2.05, 4.69) is 5.32 Å². The molecule has 0 saturated carbocycles. The van der Waals surface area contributed by atoms with Crippen molar-refractivity contribution in [3.8, 4) is 5.75 Å². The number of piperazine rings is 1. The molecule has 1 saturated heterocycles. The molecule has 0 aliphatic carbocycles. The zero-order valence-electron chi connectivity index (χ0n) is 13.4. The van der Waals surface area contributed by atoms with E-state index in [-0.39, 0.29) is 11.8 Å². The van der Waals surface area contributed by atoms with Gasteiger partial charge in [0.1, 0.15) is 5.75 Å². The lowest BCUT2D eigenvalue weighted by Gasteiger charge is -2.31. The molecule has 0 bridgehead atoms. The molecular formula is C16H24N3O3+. The first-order valence-corrected chi connectivity index (χ1v) is 7.53. The van der Waals surface area contributed by atoms with Crippen LogP contribution in [0.5, 0.6) is 5.75 Å². The minimum Gasteiger partial charge on any atom is -0.495 e. The van der Waals surface area contributed by atoms with E-state index in [0.717, 1.165) is 18.7 Å². The Hall–Kier alpha value is -2.08. The summed E-state index contributed by atoms with van der Waals surface area (Å²) in [6.45, 7) is 7.00. The quantitative estimate of drug-likeness (QED) is 0.802. The van der Waals surface area contributed by atoms with Crippen LogP contribution in [-0.2, 0) is 9.59 Å². The fraction of sp³-hybridized carbons (Fsp3) is 0.500. The van der Waals surface area contributed by atoms with Crippen LogP contribution < -0.4 is 15.0 Å². The molecule has 1 heterocycles. The number of hydrogen-bond acceptors (Lipinski definition) is 3. The van der Waals surface area contributed by atoms with Gasteiger partial charge in [-0.3, -0.25) is 9.59 Å². The zero-order chi connectivity index (χ0) is 16.1. The van der Waals surface area contributed by atoms with Crippen molar-refractivity contribution in [3.05, 3.63) is 23.8 Å². The molecule has 22 heavy (non-hydrogen) atoms. The van der Waals surface area contributed by atoms with E-state index in [1.165, 1.54) is 4.90 Å². The largest absolute Gasteiger partial charge is 0.495 e. The number of benzene rings is 1. The lowest BCUT2D eigenvalue weighted by Crippen LogP contribution is -3.15. The number of rotatable bonds is 4. The Kier molecular flexibility index (Phi) is 5.38. The molecule has 1 aromatic rings. The van der Waals surface area contributed by atoms with Crippen LogP contribution in [0.1, 0.15) is 12.5 Å². The van der Waals surface area contributed by atoms with Crippen molar-refractivity contribution in [1.82, 2.24) is 4.90 Å².